The Balaban J connectivity index is 1.95. The summed E-state index contributed by atoms with van der Waals surface area (Å²) in [5.41, 5.74) is 0.230. The van der Waals surface area contributed by atoms with Crippen LogP contribution in [0.4, 0.5) is 0 Å². The molecule has 0 bridgehead atoms. The van der Waals surface area contributed by atoms with Crippen LogP contribution < -0.4 is 0 Å². The molecule has 0 saturated carbocycles. The van der Waals surface area contributed by atoms with Gasteiger partial charge in [0.25, 0.3) is 0 Å². The van der Waals surface area contributed by atoms with E-state index in [4.69, 9.17) is 4.74 Å². The van der Waals surface area contributed by atoms with Crippen LogP contribution in [0.2, 0.25) is 0 Å². The van der Waals surface area contributed by atoms with Crippen LogP contribution in [0.25, 0.3) is 0 Å². The second-order valence-corrected chi connectivity index (χ2v) is 3.96. The van der Waals surface area contributed by atoms with E-state index in [0.717, 1.165) is 12.8 Å². The fourth-order valence-electron chi connectivity index (χ4n) is 1.81. The van der Waals surface area contributed by atoms with E-state index in [1.54, 1.807) is 10.9 Å². The van der Waals surface area contributed by atoms with Crippen molar-refractivity contribution in [2.45, 2.75) is 38.5 Å². The Bertz CT molecular complexity index is 377. The Morgan fingerprint density at radius 3 is 3.12 bits per heavy atom. The number of aromatic nitrogens is 3. The highest BCUT2D eigenvalue weighted by molar-refractivity contribution is 5.86. The summed E-state index contributed by atoms with van der Waals surface area (Å²) >= 11 is 0. The van der Waals surface area contributed by atoms with Gasteiger partial charge in [0, 0.05) is 0 Å². The normalized spacial score (nSPS) is 24.6. The molecule has 2 rings (SSSR count). The number of hydrogen-bond acceptors (Lipinski definition) is 5. The Hall–Kier alpha value is -1.43. The summed E-state index contributed by atoms with van der Waals surface area (Å²) in [6.45, 7) is 2.69. The summed E-state index contributed by atoms with van der Waals surface area (Å²) < 4.78 is 11.8. The minimum atomic E-state index is -0.466. The van der Waals surface area contributed by atoms with Crippen LogP contribution in [-0.4, -0.2) is 40.3 Å². The van der Waals surface area contributed by atoms with E-state index >= 15 is 0 Å². The van der Waals surface area contributed by atoms with Gasteiger partial charge in [-0.1, -0.05) is 5.21 Å². The van der Waals surface area contributed by atoms with Crippen molar-refractivity contribution in [3.8, 4) is 0 Å². The third kappa shape index (κ3) is 2.38. The first-order valence-electron chi connectivity index (χ1n) is 5.33. The number of ether oxygens (including phenoxy) is 2. The van der Waals surface area contributed by atoms with Crippen molar-refractivity contribution in [2.24, 2.45) is 0 Å². The largest absolute Gasteiger partial charge is 0.464 e. The molecule has 88 valence electrons. The molecule has 0 aromatic carbocycles. The molecule has 1 fully saturated rings. The van der Waals surface area contributed by atoms with Crippen LogP contribution in [0, 0.1) is 0 Å². The monoisotopic (exact) mass is 225 g/mol. The van der Waals surface area contributed by atoms with E-state index in [0.29, 0.717) is 12.6 Å². The third-order valence-corrected chi connectivity index (χ3v) is 2.64. The highest BCUT2D eigenvalue weighted by atomic mass is 16.5. The molecule has 0 amide bonds. The van der Waals surface area contributed by atoms with Gasteiger partial charge >= 0.3 is 5.97 Å². The first-order valence-corrected chi connectivity index (χ1v) is 5.33. The van der Waals surface area contributed by atoms with Crippen LogP contribution in [0.3, 0.4) is 0 Å². The van der Waals surface area contributed by atoms with Gasteiger partial charge in [0.15, 0.2) is 5.69 Å². The summed E-state index contributed by atoms with van der Waals surface area (Å²) in [5.74, 6) is -0.466. The van der Waals surface area contributed by atoms with Crippen molar-refractivity contribution >= 4 is 5.97 Å². The number of nitrogens with zero attached hydrogens (tertiary/aromatic N) is 3. The molecule has 0 aliphatic carbocycles. The first kappa shape index (κ1) is 11.1. The second-order valence-electron chi connectivity index (χ2n) is 3.96. The number of methoxy groups -OCH3 is 1. The lowest BCUT2D eigenvalue weighted by atomic mass is 10.2. The van der Waals surface area contributed by atoms with E-state index in [1.807, 2.05) is 0 Å². The lowest BCUT2D eigenvalue weighted by Crippen LogP contribution is -2.16. The number of carbonyl (C=O) groups excluding carboxylic acids is 1. The Labute approximate surface area is 93.5 Å². The molecular formula is C10H15N3O3. The van der Waals surface area contributed by atoms with Gasteiger partial charge in [0.05, 0.1) is 32.1 Å². The van der Waals surface area contributed by atoms with Gasteiger partial charge in [-0.2, -0.15) is 0 Å². The molecule has 2 unspecified atom stereocenters. The van der Waals surface area contributed by atoms with Crippen molar-refractivity contribution in [1.82, 2.24) is 15.0 Å². The molecule has 1 aliphatic heterocycles. The zero-order valence-electron chi connectivity index (χ0n) is 9.42. The summed E-state index contributed by atoms with van der Waals surface area (Å²) in [7, 11) is 1.32. The SMILES string of the molecule is COC(=O)c1cn(CC2CCC(C)O2)nn1. The lowest BCUT2D eigenvalue weighted by Gasteiger charge is -2.09. The smallest absolute Gasteiger partial charge is 0.360 e. The van der Waals surface area contributed by atoms with Crippen LogP contribution in [-0.2, 0) is 16.0 Å². The highest BCUT2D eigenvalue weighted by Gasteiger charge is 2.23. The molecule has 1 aromatic heterocycles. The molecule has 2 heterocycles. The van der Waals surface area contributed by atoms with Gasteiger partial charge in [-0.15, -0.1) is 5.10 Å². The average molecular weight is 225 g/mol. The summed E-state index contributed by atoms with van der Waals surface area (Å²) in [5, 5.41) is 7.59. The number of rotatable bonds is 3. The van der Waals surface area contributed by atoms with Gasteiger partial charge in [-0.25, -0.2) is 9.48 Å². The predicted molar refractivity (Wildman–Crippen MR) is 54.9 cm³/mol. The Morgan fingerprint density at radius 2 is 2.50 bits per heavy atom. The minimum absolute atomic E-state index is 0.169. The standard InChI is InChI=1S/C10H15N3O3/c1-7-3-4-8(16-7)5-13-6-9(11-12-13)10(14)15-2/h6-8H,3-5H2,1-2H3. The van der Waals surface area contributed by atoms with Crippen molar-refractivity contribution in [3.63, 3.8) is 0 Å². The molecule has 1 saturated heterocycles. The van der Waals surface area contributed by atoms with Crippen molar-refractivity contribution in [1.29, 1.82) is 0 Å². The van der Waals surface area contributed by atoms with Crippen LogP contribution >= 0.6 is 0 Å². The average Bonchev–Trinajstić information content (AvgIpc) is 2.87. The van der Waals surface area contributed by atoms with Gasteiger partial charge in [0.2, 0.25) is 0 Å². The Kier molecular flexibility index (Phi) is 3.19. The van der Waals surface area contributed by atoms with Crippen molar-refractivity contribution < 1.29 is 14.3 Å². The number of hydrogen-bond donors (Lipinski definition) is 0. The molecule has 16 heavy (non-hydrogen) atoms. The molecule has 0 N–H and O–H groups in total. The van der Waals surface area contributed by atoms with Crippen LogP contribution in [0.5, 0.6) is 0 Å². The van der Waals surface area contributed by atoms with Crippen LogP contribution in [0.15, 0.2) is 6.20 Å². The fourth-order valence-corrected chi connectivity index (χ4v) is 1.81. The topological polar surface area (TPSA) is 66.2 Å². The maximum absolute atomic E-state index is 11.1. The molecule has 6 nitrogen and oxygen atoms in total. The van der Waals surface area contributed by atoms with Crippen LogP contribution in [0.1, 0.15) is 30.3 Å². The number of carbonyl (C=O) groups is 1. The first-order chi connectivity index (χ1) is 7.69. The predicted octanol–water partition coefficient (Wildman–Crippen LogP) is 0.632. The fraction of sp³-hybridized carbons (Fsp3) is 0.700. The summed E-state index contributed by atoms with van der Waals surface area (Å²) in [4.78, 5) is 11.1. The van der Waals surface area contributed by atoms with Gasteiger partial charge in [-0.3, -0.25) is 0 Å². The van der Waals surface area contributed by atoms with E-state index in [2.05, 4.69) is 22.0 Å². The highest BCUT2D eigenvalue weighted by Crippen LogP contribution is 2.20. The lowest BCUT2D eigenvalue weighted by molar-refractivity contribution is 0.0433. The van der Waals surface area contributed by atoms with Crippen molar-refractivity contribution in [3.05, 3.63) is 11.9 Å². The molecule has 1 aromatic rings. The molecule has 6 heteroatoms. The maximum atomic E-state index is 11.1. The third-order valence-electron chi connectivity index (χ3n) is 2.64. The van der Waals surface area contributed by atoms with E-state index in [9.17, 15) is 4.79 Å². The van der Waals surface area contributed by atoms with Gasteiger partial charge in [-0.05, 0) is 19.8 Å². The maximum Gasteiger partial charge on any atom is 0.360 e. The van der Waals surface area contributed by atoms with Crippen molar-refractivity contribution in [2.75, 3.05) is 7.11 Å². The zero-order chi connectivity index (χ0) is 11.5. The molecule has 2 atom stereocenters. The van der Waals surface area contributed by atoms with E-state index < -0.39 is 5.97 Å². The van der Waals surface area contributed by atoms with Gasteiger partial charge in [0.1, 0.15) is 0 Å². The summed E-state index contributed by atoms with van der Waals surface area (Å²) in [6, 6.07) is 0. The van der Waals surface area contributed by atoms with Gasteiger partial charge < -0.3 is 9.47 Å². The van der Waals surface area contributed by atoms with E-state index in [-0.39, 0.29) is 11.8 Å². The Morgan fingerprint density at radius 1 is 1.69 bits per heavy atom. The zero-order valence-corrected chi connectivity index (χ0v) is 9.42. The molecule has 1 aliphatic rings. The minimum Gasteiger partial charge on any atom is -0.464 e. The summed E-state index contributed by atoms with van der Waals surface area (Å²) in [6.07, 6.45) is 4.16. The quantitative estimate of drug-likeness (QED) is 0.706. The molecule has 0 spiro atoms. The number of esters is 1. The molecular weight excluding hydrogens is 210 g/mol. The second kappa shape index (κ2) is 4.61. The van der Waals surface area contributed by atoms with E-state index in [1.165, 1.54) is 7.11 Å². The molecule has 0 radical (unpaired) electrons.